The number of aliphatic hydroxyl groups is 1. The van der Waals surface area contributed by atoms with E-state index in [1.54, 1.807) is 38.1 Å². The maximum atomic E-state index is 14.0. The molecule has 9 nitrogen and oxygen atoms in total. The Morgan fingerprint density at radius 3 is 2.65 bits per heavy atom. The number of thioether (sulfide) groups is 1. The van der Waals surface area contributed by atoms with Crippen molar-refractivity contribution in [3.63, 3.8) is 0 Å². The molecule has 13 heteroatoms. The molecule has 2 aromatic carbocycles. The highest BCUT2D eigenvalue weighted by molar-refractivity contribution is 8.00. The van der Waals surface area contributed by atoms with Crippen LogP contribution in [-0.2, 0) is 10.5 Å². The van der Waals surface area contributed by atoms with Gasteiger partial charge in [-0.15, -0.1) is 21.5 Å². The van der Waals surface area contributed by atoms with Crippen molar-refractivity contribution in [2.24, 2.45) is 0 Å². The number of anilines is 1. The lowest BCUT2D eigenvalue weighted by Gasteiger charge is -2.25. The highest BCUT2D eigenvalue weighted by Crippen LogP contribution is 2.46. The Labute approximate surface area is 265 Å². The summed E-state index contributed by atoms with van der Waals surface area (Å²) in [6.45, 7) is 9.68. The van der Waals surface area contributed by atoms with E-state index in [-0.39, 0.29) is 17.3 Å². The lowest BCUT2D eigenvalue weighted by atomic mass is 9.95. The van der Waals surface area contributed by atoms with Gasteiger partial charge in [0.25, 0.3) is 5.91 Å². The van der Waals surface area contributed by atoms with Crippen LogP contribution < -0.4 is 14.4 Å². The first kappa shape index (κ1) is 30.7. The van der Waals surface area contributed by atoms with E-state index < -0.39 is 23.5 Å². The van der Waals surface area contributed by atoms with Crippen molar-refractivity contribution in [2.75, 3.05) is 18.1 Å². The number of nitrogens with zero attached hydrogens (tertiary/aromatic N) is 4. The van der Waals surface area contributed by atoms with Gasteiger partial charge in [-0.25, -0.2) is 4.98 Å². The summed E-state index contributed by atoms with van der Waals surface area (Å²) in [5, 5.41) is 21.4. The molecule has 0 spiro atoms. The molecule has 0 aliphatic carbocycles. The first-order valence-electron chi connectivity index (χ1n) is 13.2. The number of ether oxygens (including phenoxy) is 2. The number of aryl methyl sites for hydroxylation is 2. The Balaban J connectivity index is 1.56. The molecular weight excluding hydrogens is 628 g/mol. The van der Waals surface area contributed by atoms with E-state index in [1.807, 2.05) is 31.2 Å². The van der Waals surface area contributed by atoms with Gasteiger partial charge in [-0.3, -0.25) is 14.5 Å². The number of aromatic nitrogens is 3. The molecule has 43 heavy (non-hydrogen) atoms. The van der Waals surface area contributed by atoms with Crippen LogP contribution in [0.3, 0.4) is 0 Å². The average Bonchev–Trinajstić information content (AvgIpc) is 3.67. The van der Waals surface area contributed by atoms with Gasteiger partial charge in [0.15, 0.2) is 21.6 Å². The Morgan fingerprint density at radius 1 is 1.16 bits per heavy atom. The number of benzene rings is 2. The van der Waals surface area contributed by atoms with Crippen molar-refractivity contribution in [1.82, 2.24) is 15.2 Å². The molecule has 1 unspecified atom stereocenters. The van der Waals surface area contributed by atoms with Crippen LogP contribution in [0.4, 0.5) is 5.13 Å². The van der Waals surface area contributed by atoms with Crippen LogP contribution in [0.2, 0.25) is 5.02 Å². The van der Waals surface area contributed by atoms with E-state index in [2.05, 4.69) is 21.8 Å². The first-order valence-corrected chi connectivity index (χ1v) is 16.2. The summed E-state index contributed by atoms with van der Waals surface area (Å²) >= 11 is 10.1. The van der Waals surface area contributed by atoms with Gasteiger partial charge in [0.2, 0.25) is 10.9 Å². The van der Waals surface area contributed by atoms with Crippen molar-refractivity contribution in [2.45, 2.75) is 36.9 Å². The normalized spacial score (nSPS) is 14.8. The summed E-state index contributed by atoms with van der Waals surface area (Å²) in [6, 6.07) is 11.7. The van der Waals surface area contributed by atoms with Crippen molar-refractivity contribution in [1.29, 1.82) is 0 Å². The van der Waals surface area contributed by atoms with Crippen LogP contribution in [-0.4, -0.2) is 45.2 Å². The first-order chi connectivity index (χ1) is 20.7. The number of ketones is 1. The molecule has 4 aromatic rings. The van der Waals surface area contributed by atoms with Crippen molar-refractivity contribution in [3.8, 4) is 11.5 Å². The van der Waals surface area contributed by atoms with Gasteiger partial charge in [-0.1, -0.05) is 71.6 Å². The molecule has 222 valence electrons. The number of amides is 1. The smallest absolute Gasteiger partial charge is 0.296 e. The van der Waals surface area contributed by atoms with Gasteiger partial charge in [-0.05, 0) is 50.1 Å². The second-order valence-electron chi connectivity index (χ2n) is 9.29. The molecule has 1 aliphatic rings. The van der Waals surface area contributed by atoms with Gasteiger partial charge in [0.05, 0.1) is 33.8 Å². The topological polar surface area (TPSA) is 115 Å². The number of aliphatic hydroxyl groups excluding tert-OH is 1. The minimum Gasteiger partial charge on any atom is -0.503 e. The second kappa shape index (κ2) is 13.3. The molecule has 2 aromatic heterocycles. The lowest BCUT2D eigenvalue weighted by molar-refractivity contribution is -0.117. The maximum absolute atomic E-state index is 14.0. The number of hydrogen-bond acceptors (Lipinski definition) is 11. The third-order valence-corrected chi connectivity index (χ3v) is 9.96. The van der Waals surface area contributed by atoms with E-state index in [4.69, 9.17) is 21.1 Å². The van der Waals surface area contributed by atoms with Gasteiger partial charge >= 0.3 is 0 Å². The summed E-state index contributed by atoms with van der Waals surface area (Å²) in [5.74, 6) is -0.436. The van der Waals surface area contributed by atoms with Crippen LogP contribution >= 0.6 is 46.0 Å². The average molecular weight is 655 g/mol. The minimum atomic E-state index is -1.01. The van der Waals surface area contributed by atoms with Crippen LogP contribution in [0.1, 0.15) is 44.5 Å². The number of rotatable bonds is 12. The largest absolute Gasteiger partial charge is 0.503 e. The Hall–Kier alpha value is -3.71. The Bertz CT molecular complexity index is 1730. The Kier molecular flexibility index (Phi) is 9.50. The second-order valence-corrected chi connectivity index (χ2v) is 13.1. The molecule has 0 saturated carbocycles. The van der Waals surface area contributed by atoms with Gasteiger partial charge in [0.1, 0.15) is 6.61 Å². The summed E-state index contributed by atoms with van der Waals surface area (Å²) < 4.78 is 12.2. The standard InChI is InChI=1S/C30H27ClN4O5S3/c1-5-13-40-21-12-11-18(14-22(21)39-6-2)24-23(25(36)27-16(3)32-17(4)42-27)26(37)28(38)35(24)29-33-34-30(43-29)41-15-19-9-7-8-10-20(19)31/h5,7-12,14,24,37H,1,6,13,15H2,2-4H3. The zero-order chi connectivity index (χ0) is 30.7. The van der Waals surface area contributed by atoms with Crippen molar-refractivity contribution < 1.29 is 24.2 Å². The van der Waals surface area contributed by atoms with E-state index in [0.717, 1.165) is 5.56 Å². The quantitative estimate of drug-likeness (QED) is 0.0727. The highest BCUT2D eigenvalue weighted by Gasteiger charge is 2.47. The third-order valence-electron chi connectivity index (χ3n) is 6.41. The predicted molar refractivity (Wildman–Crippen MR) is 170 cm³/mol. The molecule has 1 atom stereocenters. The van der Waals surface area contributed by atoms with Crippen LogP contribution in [0.15, 0.2) is 70.8 Å². The zero-order valence-electron chi connectivity index (χ0n) is 23.5. The molecule has 0 saturated heterocycles. The molecule has 5 rings (SSSR count). The number of carbonyl (C=O) groups is 2. The summed E-state index contributed by atoms with van der Waals surface area (Å²) in [6.07, 6.45) is 1.62. The van der Waals surface area contributed by atoms with Crippen molar-refractivity contribution in [3.05, 3.63) is 98.2 Å². The number of thiazole rings is 1. The third kappa shape index (κ3) is 6.32. The fourth-order valence-corrected chi connectivity index (χ4v) is 7.59. The fourth-order valence-electron chi connectivity index (χ4n) is 4.56. The minimum absolute atomic E-state index is 0.0700. The van der Waals surface area contributed by atoms with Gasteiger partial charge < -0.3 is 14.6 Å². The lowest BCUT2D eigenvalue weighted by Crippen LogP contribution is -2.31. The number of hydrogen-bond donors (Lipinski definition) is 1. The van der Waals surface area contributed by atoms with E-state index >= 15 is 0 Å². The number of Topliss-reactive ketones (excluding diaryl/α,β-unsaturated/α-hetero) is 1. The van der Waals surface area contributed by atoms with Crippen molar-refractivity contribution >= 4 is 62.9 Å². The summed E-state index contributed by atoms with van der Waals surface area (Å²) in [4.78, 5) is 33.7. The molecule has 1 N–H and O–H groups in total. The van der Waals surface area contributed by atoms with E-state index in [0.29, 0.717) is 54.4 Å². The Morgan fingerprint density at radius 2 is 1.95 bits per heavy atom. The fraction of sp³-hybridized carbons (Fsp3) is 0.233. The van der Waals surface area contributed by atoms with Gasteiger partial charge in [0, 0.05) is 10.8 Å². The molecule has 1 aliphatic heterocycles. The molecule has 0 fully saturated rings. The van der Waals surface area contributed by atoms with Gasteiger partial charge in [-0.2, -0.15) is 0 Å². The molecule has 1 amide bonds. The summed E-state index contributed by atoms with van der Waals surface area (Å²) in [7, 11) is 0. The monoisotopic (exact) mass is 654 g/mol. The van der Waals surface area contributed by atoms with E-state index in [1.165, 1.54) is 39.3 Å². The predicted octanol–water partition coefficient (Wildman–Crippen LogP) is 7.30. The highest BCUT2D eigenvalue weighted by atomic mass is 35.5. The molecule has 0 radical (unpaired) electrons. The van der Waals surface area contributed by atoms with Crippen LogP contribution in [0.5, 0.6) is 11.5 Å². The molecule has 0 bridgehead atoms. The number of halogens is 1. The van der Waals surface area contributed by atoms with Crippen LogP contribution in [0.25, 0.3) is 0 Å². The maximum Gasteiger partial charge on any atom is 0.296 e. The molecule has 3 heterocycles. The van der Waals surface area contributed by atoms with E-state index in [9.17, 15) is 14.7 Å². The number of carbonyl (C=O) groups excluding carboxylic acids is 2. The summed E-state index contributed by atoms with van der Waals surface area (Å²) in [5.41, 5.74) is 1.91. The van der Waals surface area contributed by atoms with Crippen LogP contribution in [0, 0.1) is 13.8 Å². The SMILES string of the molecule is C=CCOc1ccc(C2C(C(=O)c3sc(C)nc3C)=C(O)C(=O)N2c2nnc(SCc3ccccc3Cl)s2)cc1OCC. The molecular formula is C30H27ClN4O5S3. The zero-order valence-corrected chi connectivity index (χ0v) is 26.7.